The van der Waals surface area contributed by atoms with Crippen molar-refractivity contribution in [1.82, 2.24) is 10.6 Å². The van der Waals surface area contributed by atoms with E-state index in [-0.39, 0.29) is 11.5 Å². The van der Waals surface area contributed by atoms with E-state index in [4.69, 9.17) is 0 Å². The molecule has 0 aromatic heterocycles. The molecule has 0 spiro atoms. The minimum atomic E-state index is -4.36. The topological polar surface area (TPSA) is 41.1 Å². The van der Waals surface area contributed by atoms with Gasteiger partial charge in [-0.2, -0.15) is 13.2 Å². The highest BCUT2D eigenvalue weighted by Crippen LogP contribution is 2.35. The van der Waals surface area contributed by atoms with Crippen molar-refractivity contribution >= 4 is 5.91 Å². The fourth-order valence-corrected chi connectivity index (χ4v) is 2.61. The summed E-state index contributed by atoms with van der Waals surface area (Å²) in [5, 5.41) is 5.04. The monoisotopic (exact) mass is 280 g/mol. The van der Waals surface area contributed by atoms with Crippen LogP contribution in [0.1, 0.15) is 46.5 Å². The molecule has 1 saturated carbocycles. The van der Waals surface area contributed by atoms with Crippen molar-refractivity contribution in [2.24, 2.45) is 5.41 Å². The number of rotatable bonds is 4. The standard InChI is InChI=1S/C13H23F3N2O/c1-9(11(19)17-8-13(14,15)16)18-10-5-4-6-12(2,3)7-10/h9-10,18H,4-8H2,1-3H3,(H,17,19). The predicted octanol–water partition coefficient (Wildman–Crippen LogP) is 2.61. The summed E-state index contributed by atoms with van der Waals surface area (Å²) in [5.74, 6) is -0.597. The Bertz CT molecular complexity index is 316. The second kappa shape index (κ2) is 6.11. The highest BCUT2D eigenvalue weighted by atomic mass is 19.4. The van der Waals surface area contributed by atoms with Crippen molar-refractivity contribution in [2.75, 3.05) is 6.54 Å². The minimum Gasteiger partial charge on any atom is -0.346 e. The molecular formula is C13H23F3N2O. The van der Waals surface area contributed by atoms with Gasteiger partial charge in [0.2, 0.25) is 5.91 Å². The first-order chi connectivity index (χ1) is 8.59. The van der Waals surface area contributed by atoms with E-state index in [0.29, 0.717) is 0 Å². The van der Waals surface area contributed by atoms with E-state index in [9.17, 15) is 18.0 Å². The van der Waals surface area contributed by atoms with Gasteiger partial charge >= 0.3 is 6.18 Å². The average molecular weight is 280 g/mol. The van der Waals surface area contributed by atoms with Gasteiger partial charge < -0.3 is 10.6 Å². The molecule has 112 valence electrons. The largest absolute Gasteiger partial charge is 0.405 e. The molecule has 0 radical (unpaired) electrons. The Morgan fingerprint density at radius 2 is 2.05 bits per heavy atom. The molecule has 0 aliphatic heterocycles. The Morgan fingerprint density at radius 3 is 2.58 bits per heavy atom. The van der Waals surface area contributed by atoms with E-state index in [1.165, 1.54) is 0 Å². The van der Waals surface area contributed by atoms with Gasteiger partial charge in [-0.1, -0.05) is 20.3 Å². The van der Waals surface area contributed by atoms with Gasteiger partial charge in [-0.05, 0) is 31.6 Å². The van der Waals surface area contributed by atoms with Crippen LogP contribution in [0.5, 0.6) is 0 Å². The van der Waals surface area contributed by atoms with Crippen LogP contribution in [0, 0.1) is 5.41 Å². The second-order valence-electron chi connectivity index (χ2n) is 6.18. The number of nitrogens with one attached hydrogen (secondary N) is 2. The third kappa shape index (κ3) is 6.27. The number of hydrogen-bond donors (Lipinski definition) is 2. The first kappa shape index (κ1) is 16.3. The van der Waals surface area contributed by atoms with E-state index < -0.39 is 24.7 Å². The Labute approximate surface area is 112 Å². The fourth-order valence-electron chi connectivity index (χ4n) is 2.61. The van der Waals surface area contributed by atoms with Crippen molar-refractivity contribution in [3.63, 3.8) is 0 Å². The Hall–Kier alpha value is -0.780. The smallest absolute Gasteiger partial charge is 0.346 e. The van der Waals surface area contributed by atoms with Gasteiger partial charge in [0.1, 0.15) is 6.54 Å². The maximum atomic E-state index is 12.0. The first-order valence-electron chi connectivity index (χ1n) is 6.70. The maximum absolute atomic E-state index is 12.0. The normalized spacial score (nSPS) is 24.8. The average Bonchev–Trinajstić information content (AvgIpc) is 2.23. The third-order valence-corrected chi connectivity index (χ3v) is 3.55. The molecule has 2 atom stereocenters. The maximum Gasteiger partial charge on any atom is 0.405 e. The second-order valence-corrected chi connectivity index (χ2v) is 6.18. The zero-order chi connectivity index (χ0) is 14.7. The van der Waals surface area contributed by atoms with Crippen LogP contribution >= 0.6 is 0 Å². The van der Waals surface area contributed by atoms with Crippen LogP contribution in [0.3, 0.4) is 0 Å². The Balaban J connectivity index is 2.37. The van der Waals surface area contributed by atoms with E-state index in [2.05, 4.69) is 19.2 Å². The highest BCUT2D eigenvalue weighted by molar-refractivity contribution is 5.81. The molecule has 2 N–H and O–H groups in total. The number of halogens is 3. The molecule has 0 heterocycles. The van der Waals surface area contributed by atoms with Crippen LogP contribution < -0.4 is 10.6 Å². The van der Waals surface area contributed by atoms with Crippen molar-refractivity contribution in [2.45, 2.75) is 64.7 Å². The highest BCUT2D eigenvalue weighted by Gasteiger charge is 2.31. The van der Waals surface area contributed by atoms with Crippen molar-refractivity contribution in [3.05, 3.63) is 0 Å². The van der Waals surface area contributed by atoms with Crippen LogP contribution in [0.15, 0.2) is 0 Å². The van der Waals surface area contributed by atoms with Crippen molar-refractivity contribution in [1.29, 1.82) is 0 Å². The molecule has 2 unspecified atom stereocenters. The van der Waals surface area contributed by atoms with E-state index in [0.717, 1.165) is 25.7 Å². The van der Waals surface area contributed by atoms with E-state index in [1.807, 2.05) is 5.32 Å². The molecule has 1 fully saturated rings. The summed E-state index contributed by atoms with van der Waals surface area (Å²) in [7, 11) is 0. The Morgan fingerprint density at radius 1 is 1.42 bits per heavy atom. The number of hydrogen-bond acceptors (Lipinski definition) is 2. The van der Waals surface area contributed by atoms with Gasteiger partial charge in [-0.15, -0.1) is 0 Å². The lowest BCUT2D eigenvalue weighted by Gasteiger charge is -2.36. The van der Waals surface area contributed by atoms with E-state index in [1.54, 1.807) is 6.92 Å². The lowest BCUT2D eigenvalue weighted by Crippen LogP contribution is -2.50. The summed E-state index contributed by atoms with van der Waals surface area (Å²) in [5.41, 5.74) is 0.234. The molecule has 1 rings (SSSR count). The summed E-state index contributed by atoms with van der Waals surface area (Å²) in [4.78, 5) is 11.6. The molecule has 3 nitrogen and oxygen atoms in total. The molecule has 0 aromatic rings. The van der Waals surface area contributed by atoms with E-state index >= 15 is 0 Å². The van der Waals surface area contributed by atoms with Crippen LogP contribution in [-0.2, 0) is 4.79 Å². The van der Waals surface area contributed by atoms with Crippen LogP contribution in [0.4, 0.5) is 13.2 Å². The Kier molecular flexibility index (Phi) is 5.24. The fraction of sp³-hybridized carbons (Fsp3) is 0.923. The zero-order valence-electron chi connectivity index (χ0n) is 11.7. The summed E-state index contributed by atoms with van der Waals surface area (Å²) in [6.45, 7) is 4.69. The molecular weight excluding hydrogens is 257 g/mol. The number of alkyl halides is 3. The van der Waals surface area contributed by atoms with Gasteiger partial charge in [-0.3, -0.25) is 4.79 Å². The van der Waals surface area contributed by atoms with Gasteiger partial charge in [0.25, 0.3) is 0 Å². The number of carbonyl (C=O) groups is 1. The lowest BCUT2D eigenvalue weighted by molar-refractivity contribution is -0.139. The molecule has 0 aromatic carbocycles. The van der Waals surface area contributed by atoms with Gasteiger partial charge in [-0.25, -0.2) is 0 Å². The quantitative estimate of drug-likeness (QED) is 0.831. The third-order valence-electron chi connectivity index (χ3n) is 3.55. The number of amides is 1. The first-order valence-corrected chi connectivity index (χ1v) is 6.70. The van der Waals surface area contributed by atoms with Crippen molar-refractivity contribution < 1.29 is 18.0 Å². The molecule has 6 heteroatoms. The summed E-state index contributed by atoms with van der Waals surface area (Å²) in [6, 6.07) is -0.392. The molecule has 1 amide bonds. The SMILES string of the molecule is CC(NC1CCCC(C)(C)C1)C(=O)NCC(F)(F)F. The molecule has 19 heavy (non-hydrogen) atoms. The summed E-state index contributed by atoms with van der Waals surface area (Å²) in [6.07, 6.45) is -0.201. The van der Waals surface area contributed by atoms with Gasteiger partial charge in [0.15, 0.2) is 0 Å². The van der Waals surface area contributed by atoms with Gasteiger partial charge in [0, 0.05) is 6.04 Å². The number of carbonyl (C=O) groups excluding carboxylic acids is 1. The summed E-state index contributed by atoms with van der Waals surface area (Å²) >= 11 is 0. The minimum absolute atomic E-state index is 0.204. The van der Waals surface area contributed by atoms with Crippen LogP contribution in [0.2, 0.25) is 0 Å². The molecule has 1 aliphatic rings. The van der Waals surface area contributed by atoms with Crippen LogP contribution in [0.25, 0.3) is 0 Å². The zero-order valence-corrected chi connectivity index (χ0v) is 11.7. The van der Waals surface area contributed by atoms with Crippen molar-refractivity contribution in [3.8, 4) is 0 Å². The lowest BCUT2D eigenvalue weighted by atomic mass is 9.75. The van der Waals surface area contributed by atoms with Gasteiger partial charge in [0.05, 0.1) is 6.04 Å². The molecule has 1 aliphatic carbocycles. The molecule has 0 bridgehead atoms. The van der Waals surface area contributed by atoms with Crippen LogP contribution in [-0.4, -0.2) is 30.7 Å². The predicted molar refractivity (Wildman–Crippen MR) is 67.7 cm³/mol. The summed E-state index contributed by atoms with van der Waals surface area (Å²) < 4.78 is 36.0. The molecule has 0 saturated heterocycles.